The molecule has 2 heterocycles. The Morgan fingerprint density at radius 3 is 2.72 bits per heavy atom. The van der Waals surface area contributed by atoms with Crippen molar-refractivity contribution in [1.82, 2.24) is 9.97 Å². The quantitative estimate of drug-likeness (QED) is 0.709. The van der Waals surface area contributed by atoms with Gasteiger partial charge in [0.05, 0.1) is 12.5 Å². The molecule has 0 atom stereocenters. The fraction of sp³-hybridized carbons (Fsp3) is 0.300. The average molecular weight is 352 g/mol. The van der Waals surface area contributed by atoms with Gasteiger partial charge in [0.1, 0.15) is 16.4 Å². The van der Waals surface area contributed by atoms with Gasteiger partial charge in [-0.25, -0.2) is 4.98 Å². The molecule has 1 aromatic carbocycles. The van der Waals surface area contributed by atoms with Gasteiger partial charge in [0.2, 0.25) is 0 Å². The van der Waals surface area contributed by atoms with Gasteiger partial charge in [-0.2, -0.15) is 0 Å². The van der Waals surface area contributed by atoms with Gasteiger partial charge < -0.3 is 9.72 Å². The van der Waals surface area contributed by atoms with E-state index in [1.807, 2.05) is 36.4 Å². The number of ether oxygens (including phenoxy) is 1. The van der Waals surface area contributed by atoms with E-state index in [2.05, 4.69) is 9.97 Å². The average Bonchev–Trinajstić information content (AvgIpc) is 2.82. The fourth-order valence-corrected chi connectivity index (χ4v) is 4.60. The van der Waals surface area contributed by atoms with Crippen LogP contribution >= 0.6 is 11.3 Å². The van der Waals surface area contributed by atoms with E-state index in [0.717, 1.165) is 40.8 Å². The molecule has 4 nitrogen and oxygen atoms in total. The molecule has 0 radical (unpaired) electrons. The number of aromatic nitrogens is 2. The van der Waals surface area contributed by atoms with E-state index < -0.39 is 0 Å². The van der Waals surface area contributed by atoms with Crippen molar-refractivity contribution in [2.24, 2.45) is 0 Å². The predicted octanol–water partition coefficient (Wildman–Crippen LogP) is 4.43. The lowest BCUT2D eigenvalue weighted by Crippen LogP contribution is -2.10. The van der Waals surface area contributed by atoms with Crippen LogP contribution in [0.25, 0.3) is 22.4 Å². The van der Waals surface area contributed by atoms with Crippen molar-refractivity contribution >= 4 is 33.7 Å². The maximum atomic E-state index is 12.6. The third kappa shape index (κ3) is 3.24. The van der Waals surface area contributed by atoms with Gasteiger partial charge in [0.25, 0.3) is 5.56 Å². The zero-order chi connectivity index (χ0) is 17.2. The molecule has 5 heteroatoms. The Labute approximate surface area is 150 Å². The van der Waals surface area contributed by atoms with Crippen LogP contribution in [-0.4, -0.2) is 17.1 Å². The van der Waals surface area contributed by atoms with Crippen LogP contribution < -0.4 is 10.3 Å². The molecule has 0 amide bonds. The fourth-order valence-electron chi connectivity index (χ4n) is 3.33. The number of hydrogen-bond donors (Lipinski definition) is 1. The molecule has 3 aromatic rings. The molecular formula is C20H20N2O2S. The van der Waals surface area contributed by atoms with Crippen LogP contribution in [0, 0.1) is 0 Å². The molecule has 1 N–H and O–H groups in total. The summed E-state index contributed by atoms with van der Waals surface area (Å²) in [6.07, 6.45) is 9.50. The topological polar surface area (TPSA) is 55.0 Å². The third-order valence-electron chi connectivity index (χ3n) is 4.64. The molecule has 128 valence electrons. The van der Waals surface area contributed by atoms with Crippen molar-refractivity contribution in [2.75, 3.05) is 7.11 Å². The first-order chi connectivity index (χ1) is 12.2. The molecule has 0 bridgehead atoms. The second-order valence-electron chi connectivity index (χ2n) is 6.30. The lowest BCUT2D eigenvalue weighted by Gasteiger charge is -2.00. The number of thiophene rings is 1. The van der Waals surface area contributed by atoms with Crippen LogP contribution in [0.4, 0.5) is 0 Å². The highest BCUT2D eigenvalue weighted by molar-refractivity contribution is 7.18. The molecule has 0 unspecified atom stereocenters. The van der Waals surface area contributed by atoms with Crippen molar-refractivity contribution < 1.29 is 4.74 Å². The molecule has 1 aliphatic carbocycles. The Kier molecular flexibility index (Phi) is 4.40. The van der Waals surface area contributed by atoms with Crippen molar-refractivity contribution in [3.05, 3.63) is 56.4 Å². The zero-order valence-corrected chi connectivity index (χ0v) is 15.0. The van der Waals surface area contributed by atoms with Crippen LogP contribution in [0.2, 0.25) is 0 Å². The Bertz CT molecular complexity index is 983. The minimum Gasteiger partial charge on any atom is -0.497 e. The highest BCUT2D eigenvalue weighted by Gasteiger charge is 2.18. The number of fused-ring (bicyclic) bond motifs is 3. The third-order valence-corrected chi connectivity index (χ3v) is 5.83. The lowest BCUT2D eigenvalue weighted by atomic mass is 10.1. The summed E-state index contributed by atoms with van der Waals surface area (Å²) in [5.41, 5.74) is 2.25. The van der Waals surface area contributed by atoms with Crippen LogP contribution in [0.3, 0.4) is 0 Å². The van der Waals surface area contributed by atoms with E-state index in [0.29, 0.717) is 5.82 Å². The summed E-state index contributed by atoms with van der Waals surface area (Å²) in [5.74, 6) is 1.43. The molecule has 25 heavy (non-hydrogen) atoms. The van der Waals surface area contributed by atoms with E-state index in [4.69, 9.17) is 4.74 Å². The number of rotatable bonds is 3. The van der Waals surface area contributed by atoms with E-state index >= 15 is 0 Å². The SMILES string of the molecule is COc1ccc(/C=C/c2nc3sc4c(c3c(=O)[nH]2)CCCCC4)cc1. The van der Waals surface area contributed by atoms with E-state index in [1.54, 1.807) is 18.4 Å². The minimum absolute atomic E-state index is 0.0150. The number of aryl methyl sites for hydroxylation is 2. The van der Waals surface area contributed by atoms with E-state index in [-0.39, 0.29) is 5.56 Å². The Morgan fingerprint density at radius 2 is 1.92 bits per heavy atom. The monoisotopic (exact) mass is 352 g/mol. The van der Waals surface area contributed by atoms with E-state index in [1.165, 1.54) is 23.3 Å². The normalized spacial score (nSPS) is 14.6. The van der Waals surface area contributed by atoms with Crippen molar-refractivity contribution in [3.63, 3.8) is 0 Å². The maximum Gasteiger partial charge on any atom is 0.260 e. The molecule has 0 saturated carbocycles. The molecule has 0 fully saturated rings. The van der Waals surface area contributed by atoms with Gasteiger partial charge in [-0.1, -0.05) is 24.6 Å². The number of methoxy groups -OCH3 is 1. The number of benzene rings is 1. The maximum absolute atomic E-state index is 12.6. The first kappa shape index (κ1) is 16.1. The summed E-state index contributed by atoms with van der Waals surface area (Å²) >= 11 is 1.69. The summed E-state index contributed by atoms with van der Waals surface area (Å²) in [4.78, 5) is 22.4. The summed E-state index contributed by atoms with van der Waals surface area (Å²) in [7, 11) is 1.65. The van der Waals surface area contributed by atoms with Gasteiger partial charge in [0, 0.05) is 4.88 Å². The number of hydrogen-bond acceptors (Lipinski definition) is 4. The van der Waals surface area contributed by atoms with Gasteiger partial charge in [-0.3, -0.25) is 4.79 Å². The van der Waals surface area contributed by atoms with Crippen molar-refractivity contribution in [1.29, 1.82) is 0 Å². The smallest absolute Gasteiger partial charge is 0.260 e. The van der Waals surface area contributed by atoms with Crippen LogP contribution in [-0.2, 0) is 12.8 Å². The zero-order valence-electron chi connectivity index (χ0n) is 14.2. The number of nitrogens with zero attached hydrogens (tertiary/aromatic N) is 1. The van der Waals surface area contributed by atoms with E-state index in [9.17, 15) is 4.79 Å². The standard InChI is InChI=1S/C20H20N2O2S/c1-24-14-10-7-13(8-11-14)9-12-17-21-19(23)18-15-5-3-2-4-6-16(15)25-20(18)22-17/h7-12H,2-6H2,1H3,(H,21,22,23)/b12-9+. The predicted molar refractivity (Wildman–Crippen MR) is 103 cm³/mol. The van der Waals surface area contributed by atoms with Crippen molar-refractivity contribution in [2.45, 2.75) is 32.1 Å². The molecule has 0 saturated heterocycles. The second kappa shape index (κ2) is 6.84. The van der Waals surface area contributed by atoms with Gasteiger partial charge in [-0.15, -0.1) is 11.3 Å². The summed E-state index contributed by atoms with van der Waals surface area (Å²) in [6, 6.07) is 7.77. The van der Waals surface area contributed by atoms with Gasteiger partial charge in [0.15, 0.2) is 0 Å². The molecular weight excluding hydrogens is 332 g/mol. The molecule has 0 spiro atoms. The number of nitrogens with one attached hydrogen (secondary N) is 1. The highest BCUT2D eigenvalue weighted by Crippen LogP contribution is 2.32. The summed E-state index contributed by atoms with van der Waals surface area (Å²) in [6.45, 7) is 0. The molecule has 4 rings (SSSR count). The number of aromatic amines is 1. The first-order valence-corrected chi connectivity index (χ1v) is 9.43. The molecule has 2 aromatic heterocycles. The minimum atomic E-state index is -0.0150. The second-order valence-corrected chi connectivity index (χ2v) is 7.39. The first-order valence-electron chi connectivity index (χ1n) is 8.61. The van der Waals surface area contributed by atoms with Crippen LogP contribution in [0.5, 0.6) is 5.75 Å². The Hall–Kier alpha value is -2.40. The van der Waals surface area contributed by atoms with Gasteiger partial charge in [-0.05, 0) is 55.0 Å². The Morgan fingerprint density at radius 1 is 1.12 bits per heavy atom. The Balaban J connectivity index is 1.68. The number of H-pyrrole nitrogens is 1. The van der Waals surface area contributed by atoms with Crippen LogP contribution in [0.15, 0.2) is 29.1 Å². The summed E-state index contributed by atoms with van der Waals surface area (Å²) < 4.78 is 5.16. The molecule has 0 aliphatic heterocycles. The lowest BCUT2D eigenvalue weighted by molar-refractivity contribution is 0.415. The van der Waals surface area contributed by atoms with Crippen molar-refractivity contribution in [3.8, 4) is 5.75 Å². The largest absolute Gasteiger partial charge is 0.497 e. The summed E-state index contributed by atoms with van der Waals surface area (Å²) in [5, 5.41) is 0.809. The van der Waals surface area contributed by atoms with Gasteiger partial charge >= 0.3 is 0 Å². The molecule has 1 aliphatic rings. The highest BCUT2D eigenvalue weighted by atomic mass is 32.1. The van der Waals surface area contributed by atoms with Crippen LogP contribution in [0.1, 0.15) is 41.1 Å².